The number of benzene rings is 2. The van der Waals surface area contributed by atoms with E-state index in [4.69, 9.17) is 0 Å². The molecule has 0 saturated heterocycles. The number of carbonyl (C=O) groups excluding carboxylic acids is 1. The van der Waals surface area contributed by atoms with E-state index in [1.165, 1.54) is 11.8 Å². The van der Waals surface area contributed by atoms with Gasteiger partial charge in [-0.05, 0) is 23.1 Å². The summed E-state index contributed by atoms with van der Waals surface area (Å²) in [6.45, 7) is 1.92. The molecule has 0 fully saturated rings. The quantitative estimate of drug-likeness (QED) is 0.569. The fourth-order valence-corrected chi connectivity index (χ4v) is 3.03. The Kier molecular flexibility index (Phi) is 7.06. The molecule has 0 aromatic heterocycles. The monoisotopic (exact) mass is 373 g/mol. The third kappa shape index (κ3) is 6.42. The van der Waals surface area contributed by atoms with Crippen LogP contribution in [0.25, 0.3) is 0 Å². The average molecular weight is 373 g/mol. The molecule has 0 unspecified atom stereocenters. The van der Waals surface area contributed by atoms with Crippen LogP contribution in [-0.2, 0) is 27.8 Å². The second-order valence-electron chi connectivity index (χ2n) is 5.90. The number of sulfonamides is 1. The van der Waals surface area contributed by atoms with E-state index in [1.54, 1.807) is 0 Å². The van der Waals surface area contributed by atoms with E-state index in [9.17, 15) is 13.2 Å². The molecule has 1 N–H and O–H groups in total. The summed E-state index contributed by atoms with van der Waals surface area (Å²) in [6, 6.07) is 16.9. The first-order valence-corrected chi connectivity index (χ1v) is 10.1. The second kappa shape index (κ2) is 9.26. The third-order valence-electron chi connectivity index (χ3n) is 3.78. The van der Waals surface area contributed by atoms with Gasteiger partial charge in [0.2, 0.25) is 10.0 Å². The van der Waals surface area contributed by atoms with Crippen LogP contribution in [0.15, 0.2) is 59.7 Å². The van der Waals surface area contributed by atoms with Crippen molar-refractivity contribution in [2.45, 2.75) is 19.9 Å². The first kappa shape index (κ1) is 19.8. The van der Waals surface area contributed by atoms with Gasteiger partial charge in [-0.3, -0.25) is 4.79 Å². The smallest absolute Gasteiger partial charge is 0.255 e. The van der Waals surface area contributed by atoms with Crippen molar-refractivity contribution in [2.75, 3.05) is 12.8 Å². The Balaban J connectivity index is 1.95. The molecule has 138 valence electrons. The molecule has 0 saturated carbocycles. The minimum Gasteiger partial charge on any atom is -0.272 e. The summed E-state index contributed by atoms with van der Waals surface area (Å²) in [6.07, 6.45) is 3.57. The van der Waals surface area contributed by atoms with Gasteiger partial charge in [-0.2, -0.15) is 9.41 Å². The van der Waals surface area contributed by atoms with Crippen molar-refractivity contribution in [1.29, 1.82) is 0 Å². The van der Waals surface area contributed by atoms with Gasteiger partial charge in [0.25, 0.3) is 5.91 Å². The van der Waals surface area contributed by atoms with Crippen molar-refractivity contribution >= 4 is 22.1 Å². The topological polar surface area (TPSA) is 78.8 Å². The Labute approximate surface area is 154 Å². The van der Waals surface area contributed by atoms with Crippen molar-refractivity contribution in [3.63, 3.8) is 0 Å². The lowest BCUT2D eigenvalue weighted by atomic mass is 10.1. The lowest BCUT2D eigenvalue weighted by Gasteiger charge is -2.18. The second-order valence-corrected chi connectivity index (χ2v) is 7.89. The van der Waals surface area contributed by atoms with Crippen molar-refractivity contribution < 1.29 is 13.2 Å². The van der Waals surface area contributed by atoms with Gasteiger partial charge in [-0.15, -0.1) is 0 Å². The summed E-state index contributed by atoms with van der Waals surface area (Å²) in [5.41, 5.74) is 5.25. The molecule has 1 amide bonds. The van der Waals surface area contributed by atoms with E-state index < -0.39 is 15.9 Å². The zero-order chi connectivity index (χ0) is 19.0. The minimum atomic E-state index is -3.52. The van der Waals surface area contributed by atoms with Gasteiger partial charge < -0.3 is 0 Å². The fraction of sp³-hybridized carbons (Fsp3) is 0.263. The molecule has 2 aromatic carbocycles. The summed E-state index contributed by atoms with van der Waals surface area (Å²) in [4.78, 5) is 12.1. The lowest BCUT2D eigenvalue weighted by Crippen LogP contribution is -2.38. The van der Waals surface area contributed by atoms with Gasteiger partial charge in [-0.1, -0.05) is 61.5 Å². The minimum absolute atomic E-state index is 0.134. The number of hydrogen-bond acceptors (Lipinski definition) is 4. The van der Waals surface area contributed by atoms with Crippen molar-refractivity contribution in [2.24, 2.45) is 5.10 Å². The molecule has 0 bridgehead atoms. The van der Waals surface area contributed by atoms with Crippen LogP contribution in [0.2, 0.25) is 0 Å². The molecule has 6 nitrogen and oxygen atoms in total. The first-order chi connectivity index (χ1) is 12.4. The van der Waals surface area contributed by atoms with Crippen molar-refractivity contribution in [3.05, 3.63) is 71.3 Å². The Morgan fingerprint density at radius 2 is 1.73 bits per heavy atom. The van der Waals surface area contributed by atoms with Gasteiger partial charge in [0.15, 0.2) is 0 Å². The Hall–Kier alpha value is -2.51. The van der Waals surface area contributed by atoms with Crippen molar-refractivity contribution in [3.8, 4) is 0 Å². The van der Waals surface area contributed by atoms with E-state index in [0.29, 0.717) is 0 Å². The van der Waals surface area contributed by atoms with Crippen LogP contribution >= 0.6 is 0 Å². The van der Waals surface area contributed by atoms with E-state index in [1.807, 2.05) is 54.6 Å². The highest BCUT2D eigenvalue weighted by Crippen LogP contribution is 2.08. The summed E-state index contributed by atoms with van der Waals surface area (Å²) in [7, 11) is -3.52. The summed E-state index contributed by atoms with van der Waals surface area (Å²) >= 11 is 0. The summed E-state index contributed by atoms with van der Waals surface area (Å²) in [5, 5.41) is 3.89. The number of nitrogens with zero attached hydrogens (tertiary/aromatic N) is 2. The van der Waals surface area contributed by atoms with Gasteiger partial charge in [-0.25, -0.2) is 13.8 Å². The van der Waals surface area contributed by atoms with Crippen LogP contribution in [0.3, 0.4) is 0 Å². The Bertz CT molecular complexity index is 847. The lowest BCUT2D eigenvalue weighted by molar-refractivity contribution is -0.121. The standard InChI is InChI=1S/C19H23N3O3S/c1-3-16-9-11-17(12-10-16)13-20-21-19(23)15-22(26(2,24)25)14-18-7-5-4-6-8-18/h4-13H,3,14-15H2,1-2H3,(H,21,23)/b20-13-. The fourth-order valence-electron chi connectivity index (χ4n) is 2.29. The number of aryl methyl sites for hydroxylation is 1. The van der Waals surface area contributed by atoms with Gasteiger partial charge in [0, 0.05) is 6.54 Å². The van der Waals surface area contributed by atoms with Gasteiger partial charge in [0.05, 0.1) is 19.0 Å². The highest BCUT2D eigenvalue weighted by molar-refractivity contribution is 7.88. The molecule has 0 radical (unpaired) electrons. The molecule has 0 aliphatic rings. The maximum absolute atomic E-state index is 12.1. The van der Waals surface area contributed by atoms with Crippen LogP contribution < -0.4 is 5.43 Å². The molecule has 26 heavy (non-hydrogen) atoms. The van der Waals surface area contributed by atoms with Crippen LogP contribution in [0, 0.1) is 0 Å². The largest absolute Gasteiger partial charge is 0.272 e. The SMILES string of the molecule is CCc1ccc(/C=N\NC(=O)CN(Cc2ccccc2)S(C)(=O)=O)cc1. The maximum atomic E-state index is 12.1. The molecule has 0 spiro atoms. The van der Waals surface area contributed by atoms with E-state index in [0.717, 1.165) is 28.1 Å². The predicted molar refractivity (Wildman–Crippen MR) is 103 cm³/mol. The zero-order valence-electron chi connectivity index (χ0n) is 14.9. The number of rotatable bonds is 8. The van der Waals surface area contributed by atoms with Crippen LogP contribution in [0.5, 0.6) is 0 Å². The molecule has 0 atom stereocenters. The molecule has 2 aromatic rings. The van der Waals surface area contributed by atoms with E-state index in [-0.39, 0.29) is 13.1 Å². The van der Waals surface area contributed by atoms with Crippen LogP contribution in [-0.4, -0.2) is 37.6 Å². The third-order valence-corrected chi connectivity index (χ3v) is 4.98. The average Bonchev–Trinajstić information content (AvgIpc) is 2.62. The van der Waals surface area contributed by atoms with Gasteiger partial charge in [0.1, 0.15) is 0 Å². The van der Waals surface area contributed by atoms with Gasteiger partial charge >= 0.3 is 0 Å². The van der Waals surface area contributed by atoms with E-state index >= 15 is 0 Å². The number of nitrogens with one attached hydrogen (secondary N) is 1. The number of carbonyl (C=O) groups is 1. The molecule has 0 aliphatic carbocycles. The molecular weight excluding hydrogens is 350 g/mol. The van der Waals surface area contributed by atoms with Crippen LogP contribution in [0.1, 0.15) is 23.6 Å². The zero-order valence-corrected chi connectivity index (χ0v) is 15.7. The molecular formula is C19H23N3O3S. The van der Waals surface area contributed by atoms with Crippen molar-refractivity contribution in [1.82, 2.24) is 9.73 Å². The summed E-state index contributed by atoms with van der Waals surface area (Å²) in [5.74, 6) is -0.493. The Morgan fingerprint density at radius 1 is 1.08 bits per heavy atom. The molecule has 0 heterocycles. The highest BCUT2D eigenvalue weighted by atomic mass is 32.2. The predicted octanol–water partition coefficient (Wildman–Crippen LogP) is 2.16. The Morgan fingerprint density at radius 3 is 2.31 bits per heavy atom. The maximum Gasteiger partial charge on any atom is 0.255 e. The molecule has 7 heteroatoms. The number of amides is 1. The number of hydrazone groups is 1. The highest BCUT2D eigenvalue weighted by Gasteiger charge is 2.20. The molecule has 2 rings (SSSR count). The first-order valence-electron chi connectivity index (χ1n) is 8.28. The van der Waals surface area contributed by atoms with E-state index in [2.05, 4.69) is 17.5 Å². The normalized spacial score (nSPS) is 11.8. The number of hydrogen-bond donors (Lipinski definition) is 1. The van der Waals surface area contributed by atoms with Crippen LogP contribution in [0.4, 0.5) is 0 Å². The summed E-state index contributed by atoms with van der Waals surface area (Å²) < 4.78 is 25.0. The molecule has 0 aliphatic heterocycles.